The van der Waals surface area contributed by atoms with Crippen LogP contribution >= 0.6 is 0 Å². The number of aryl methyl sites for hydroxylation is 2. The normalized spacial score (nSPS) is 10.3. The van der Waals surface area contributed by atoms with Crippen molar-refractivity contribution < 1.29 is 9.59 Å². The Labute approximate surface area is 159 Å². The Kier molecular flexibility index (Phi) is 5.67. The summed E-state index contributed by atoms with van der Waals surface area (Å²) in [5, 5.41) is 5.75. The number of nitrogens with one attached hydrogen (secondary N) is 2. The number of hydrogen-bond acceptors (Lipinski definition) is 2. The van der Waals surface area contributed by atoms with Crippen LogP contribution in [0.3, 0.4) is 0 Å². The van der Waals surface area contributed by atoms with Gasteiger partial charge in [-0.05, 0) is 55.3 Å². The molecular weight excluding hydrogens is 336 g/mol. The van der Waals surface area contributed by atoms with E-state index in [1.807, 2.05) is 62.4 Å². The summed E-state index contributed by atoms with van der Waals surface area (Å²) in [5.74, 6) is -0.449. The average Bonchev–Trinajstić information content (AvgIpc) is 2.67. The van der Waals surface area contributed by atoms with Crippen molar-refractivity contribution in [2.45, 2.75) is 20.4 Å². The highest BCUT2D eigenvalue weighted by molar-refractivity contribution is 6.06. The number of benzene rings is 3. The summed E-state index contributed by atoms with van der Waals surface area (Å²) >= 11 is 0. The molecule has 3 aromatic rings. The molecular formula is C23H22N2O2. The summed E-state index contributed by atoms with van der Waals surface area (Å²) in [7, 11) is 0. The van der Waals surface area contributed by atoms with Crippen molar-refractivity contribution in [3.63, 3.8) is 0 Å². The Morgan fingerprint density at radius 3 is 2.11 bits per heavy atom. The van der Waals surface area contributed by atoms with Gasteiger partial charge >= 0.3 is 0 Å². The SMILES string of the molecule is Cc1ccc(CNC(=O)c2cccc(C(=O)Nc3cccc(C)c3)c2)cc1. The summed E-state index contributed by atoms with van der Waals surface area (Å²) in [6, 6.07) is 22.3. The molecule has 27 heavy (non-hydrogen) atoms. The molecule has 3 rings (SSSR count). The zero-order valence-corrected chi connectivity index (χ0v) is 15.5. The summed E-state index contributed by atoms with van der Waals surface area (Å²) in [6.07, 6.45) is 0. The minimum Gasteiger partial charge on any atom is -0.348 e. The molecule has 0 aliphatic carbocycles. The van der Waals surface area contributed by atoms with Crippen molar-refractivity contribution in [1.82, 2.24) is 5.32 Å². The van der Waals surface area contributed by atoms with Crippen LogP contribution in [0.2, 0.25) is 0 Å². The first-order chi connectivity index (χ1) is 13.0. The highest BCUT2D eigenvalue weighted by atomic mass is 16.2. The van der Waals surface area contributed by atoms with Gasteiger partial charge < -0.3 is 10.6 Å². The molecule has 2 N–H and O–H groups in total. The minimum absolute atomic E-state index is 0.208. The number of carbonyl (C=O) groups is 2. The van der Waals surface area contributed by atoms with E-state index in [0.717, 1.165) is 16.8 Å². The van der Waals surface area contributed by atoms with Crippen molar-refractivity contribution in [2.24, 2.45) is 0 Å². The van der Waals surface area contributed by atoms with E-state index in [9.17, 15) is 9.59 Å². The van der Waals surface area contributed by atoms with Crippen molar-refractivity contribution in [2.75, 3.05) is 5.32 Å². The summed E-state index contributed by atoms with van der Waals surface area (Å²) < 4.78 is 0. The fourth-order valence-corrected chi connectivity index (χ4v) is 2.72. The standard InChI is InChI=1S/C23H22N2O2/c1-16-9-11-18(12-10-16)15-24-22(26)19-6-4-7-20(14-19)23(27)25-21-8-3-5-17(2)13-21/h3-14H,15H2,1-2H3,(H,24,26)(H,25,27). The summed E-state index contributed by atoms with van der Waals surface area (Å²) in [5.41, 5.74) is 4.91. The van der Waals surface area contributed by atoms with E-state index in [2.05, 4.69) is 10.6 Å². The number of anilines is 1. The Bertz CT molecular complexity index is 962. The van der Waals surface area contributed by atoms with E-state index in [4.69, 9.17) is 0 Å². The largest absolute Gasteiger partial charge is 0.348 e. The molecule has 3 aromatic carbocycles. The first kappa shape index (κ1) is 18.4. The second-order valence-electron chi connectivity index (χ2n) is 6.57. The van der Waals surface area contributed by atoms with Gasteiger partial charge in [-0.15, -0.1) is 0 Å². The third kappa shape index (κ3) is 5.05. The van der Waals surface area contributed by atoms with Crippen LogP contribution in [-0.4, -0.2) is 11.8 Å². The predicted molar refractivity (Wildman–Crippen MR) is 108 cm³/mol. The zero-order valence-electron chi connectivity index (χ0n) is 15.5. The highest BCUT2D eigenvalue weighted by Crippen LogP contribution is 2.13. The second-order valence-corrected chi connectivity index (χ2v) is 6.57. The summed E-state index contributed by atoms with van der Waals surface area (Å²) in [4.78, 5) is 24.9. The molecule has 0 radical (unpaired) electrons. The van der Waals surface area contributed by atoms with Crippen LogP contribution in [0.15, 0.2) is 72.8 Å². The van der Waals surface area contributed by atoms with Gasteiger partial charge in [0, 0.05) is 23.4 Å². The van der Waals surface area contributed by atoms with E-state index >= 15 is 0 Å². The fourth-order valence-electron chi connectivity index (χ4n) is 2.72. The van der Waals surface area contributed by atoms with Gasteiger partial charge in [0.05, 0.1) is 0 Å². The van der Waals surface area contributed by atoms with Crippen molar-refractivity contribution >= 4 is 17.5 Å². The van der Waals surface area contributed by atoms with Gasteiger partial charge in [-0.3, -0.25) is 9.59 Å². The highest BCUT2D eigenvalue weighted by Gasteiger charge is 2.11. The van der Waals surface area contributed by atoms with Gasteiger partial charge in [0.25, 0.3) is 11.8 Å². The van der Waals surface area contributed by atoms with Crippen molar-refractivity contribution in [3.05, 3.63) is 101 Å². The van der Waals surface area contributed by atoms with Crippen molar-refractivity contribution in [3.8, 4) is 0 Å². The van der Waals surface area contributed by atoms with Crippen LogP contribution in [-0.2, 0) is 6.54 Å². The Morgan fingerprint density at radius 1 is 0.741 bits per heavy atom. The maximum Gasteiger partial charge on any atom is 0.255 e. The number of hydrogen-bond donors (Lipinski definition) is 2. The van der Waals surface area contributed by atoms with E-state index in [1.54, 1.807) is 24.3 Å². The van der Waals surface area contributed by atoms with E-state index in [0.29, 0.717) is 17.7 Å². The van der Waals surface area contributed by atoms with E-state index in [-0.39, 0.29) is 11.8 Å². The molecule has 0 unspecified atom stereocenters. The first-order valence-corrected chi connectivity index (χ1v) is 8.83. The van der Waals surface area contributed by atoms with Crippen LogP contribution < -0.4 is 10.6 Å². The number of carbonyl (C=O) groups excluding carboxylic acids is 2. The third-order valence-electron chi connectivity index (χ3n) is 4.24. The molecule has 136 valence electrons. The predicted octanol–water partition coefficient (Wildman–Crippen LogP) is 4.49. The average molecular weight is 358 g/mol. The second kappa shape index (κ2) is 8.32. The molecule has 4 nitrogen and oxygen atoms in total. The molecule has 0 heterocycles. The third-order valence-corrected chi connectivity index (χ3v) is 4.24. The topological polar surface area (TPSA) is 58.2 Å². The van der Waals surface area contributed by atoms with Crippen LogP contribution in [0.1, 0.15) is 37.4 Å². The molecule has 4 heteroatoms. The Balaban J connectivity index is 1.66. The lowest BCUT2D eigenvalue weighted by Crippen LogP contribution is -2.23. The van der Waals surface area contributed by atoms with Gasteiger partial charge in [0.1, 0.15) is 0 Å². The molecule has 0 bridgehead atoms. The minimum atomic E-state index is -0.242. The molecule has 0 saturated heterocycles. The molecule has 0 atom stereocenters. The zero-order chi connectivity index (χ0) is 19.2. The van der Waals surface area contributed by atoms with Crippen LogP contribution in [0.5, 0.6) is 0 Å². The number of amides is 2. The Hall–Kier alpha value is -3.40. The molecule has 0 aliphatic heterocycles. The maximum atomic E-state index is 12.5. The Morgan fingerprint density at radius 2 is 1.41 bits per heavy atom. The lowest BCUT2D eigenvalue weighted by molar-refractivity contribution is 0.0951. The smallest absolute Gasteiger partial charge is 0.255 e. The van der Waals surface area contributed by atoms with E-state index < -0.39 is 0 Å². The monoisotopic (exact) mass is 358 g/mol. The van der Waals surface area contributed by atoms with Crippen molar-refractivity contribution in [1.29, 1.82) is 0 Å². The molecule has 0 fully saturated rings. The molecule has 2 amide bonds. The van der Waals surface area contributed by atoms with Gasteiger partial charge in [-0.2, -0.15) is 0 Å². The van der Waals surface area contributed by atoms with Crippen LogP contribution in [0, 0.1) is 13.8 Å². The van der Waals surface area contributed by atoms with Crippen LogP contribution in [0.25, 0.3) is 0 Å². The van der Waals surface area contributed by atoms with E-state index in [1.165, 1.54) is 5.56 Å². The lowest BCUT2D eigenvalue weighted by Gasteiger charge is -2.09. The fraction of sp³-hybridized carbons (Fsp3) is 0.130. The summed E-state index contributed by atoms with van der Waals surface area (Å²) in [6.45, 7) is 4.43. The first-order valence-electron chi connectivity index (χ1n) is 8.83. The number of rotatable bonds is 5. The lowest BCUT2D eigenvalue weighted by atomic mass is 10.1. The van der Waals surface area contributed by atoms with Gasteiger partial charge in [-0.25, -0.2) is 0 Å². The molecule has 0 spiro atoms. The molecule has 0 aliphatic rings. The quantitative estimate of drug-likeness (QED) is 0.706. The maximum absolute atomic E-state index is 12.5. The van der Waals surface area contributed by atoms with Gasteiger partial charge in [0.2, 0.25) is 0 Å². The molecule has 0 saturated carbocycles. The van der Waals surface area contributed by atoms with Gasteiger partial charge in [-0.1, -0.05) is 48.0 Å². The van der Waals surface area contributed by atoms with Gasteiger partial charge in [0.15, 0.2) is 0 Å². The molecule has 0 aromatic heterocycles. The van der Waals surface area contributed by atoms with Crippen LogP contribution in [0.4, 0.5) is 5.69 Å².